The molecule has 1 N–H and O–H groups in total. The lowest BCUT2D eigenvalue weighted by molar-refractivity contribution is -0.140. The summed E-state index contributed by atoms with van der Waals surface area (Å²) in [6, 6.07) is 9.62. The quantitative estimate of drug-likeness (QED) is 0.393. The fourth-order valence-electron chi connectivity index (χ4n) is 4.79. The molecule has 2 amide bonds. The van der Waals surface area contributed by atoms with E-state index in [1.54, 1.807) is 30.3 Å². The van der Waals surface area contributed by atoms with Crippen molar-refractivity contribution in [3.63, 3.8) is 0 Å². The molecule has 1 saturated carbocycles. The first-order chi connectivity index (χ1) is 17.9. The van der Waals surface area contributed by atoms with E-state index in [-0.39, 0.29) is 18.5 Å². The van der Waals surface area contributed by atoms with Gasteiger partial charge in [-0.1, -0.05) is 61.5 Å². The third kappa shape index (κ3) is 7.87. The largest absolute Gasteiger partial charge is 0.352 e. The van der Waals surface area contributed by atoms with Gasteiger partial charge in [0.1, 0.15) is 12.6 Å². The van der Waals surface area contributed by atoms with Crippen LogP contribution >= 0.6 is 23.2 Å². The zero-order valence-electron chi connectivity index (χ0n) is 22.5. The molecule has 208 valence electrons. The van der Waals surface area contributed by atoms with Crippen LogP contribution in [0, 0.1) is 13.8 Å². The van der Waals surface area contributed by atoms with E-state index in [4.69, 9.17) is 23.2 Å². The van der Waals surface area contributed by atoms with Crippen LogP contribution in [0.1, 0.15) is 62.1 Å². The van der Waals surface area contributed by atoms with Crippen LogP contribution in [-0.2, 0) is 26.2 Å². The molecule has 1 fully saturated rings. The van der Waals surface area contributed by atoms with Gasteiger partial charge < -0.3 is 10.2 Å². The highest BCUT2D eigenvalue weighted by Gasteiger charge is 2.33. The van der Waals surface area contributed by atoms with Gasteiger partial charge >= 0.3 is 0 Å². The normalized spacial score (nSPS) is 15.1. The third-order valence-corrected chi connectivity index (χ3v) is 9.01. The van der Waals surface area contributed by atoms with Crippen molar-refractivity contribution in [1.82, 2.24) is 10.2 Å². The molecule has 0 aliphatic heterocycles. The number of benzene rings is 2. The highest BCUT2D eigenvalue weighted by molar-refractivity contribution is 7.92. The predicted octanol–water partition coefficient (Wildman–Crippen LogP) is 5.63. The van der Waals surface area contributed by atoms with Crippen molar-refractivity contribution in [2.45, 2.75) is 77.9 Å². The molecule has 7 nitrogen and oxygen atoms in total. The van der Waals surface area contributed by atoms with E-state index in [2.05, 4.69) is 5.32 Å². The fourth-order valence-corrected chi connectivity index (χ4v) is 5.96. The summed E-state index contributed by atoms with van der Waals surface area (Å²) in [6.45, 7) is 5.32. The van der Waals surface area contributed by atoms with E-state index >= 15 is 0 Å². The molecular weight excluding hydrogens is 545 g/mol. The number of halogens is 2. The maximum atomic E-state index is 13.9. The molecule has 1 aliphatic rings. The standard InChI is InChI=1S/C28H37Cl2N3O4S/c1-5-26(28(35)31-22-9-7-6-8-10-22)32(17-21-12-14-24(29)25(30)16-21)27(34)18-33(38(4,36)37)23-13-11-19(2)20(3)15-23/h11-16,22,26H,5-10,17-18H2,1-4H3,(H,31,35)/t26-/m1/s1. The molecule has 0 saturated heterocycles. The molecule has 0 radical (unpaired) electrons. The number of amides is 2. The van der Waals surface area contributed by atoms with Crippen LogP contribution in [0.25, 0.3) is 0 Å². The van der Waals surface area contributed by atoms with E-state index in [0.29, 0.717) is 27.7 Å². The van der Waals surface area contributed by atoms with E-state index < -0.39 is 28.5 Å². The molecule has 0 aromatic heterocycles. The number of sulfonamides is 1. The molecule has 0 bridgehead atoms. The van der Waals surface area contributed by atoms with Crippen molar-refractivity contribution in [1.29, 1.82) is 0 Å². The Hall–Kier alpha value is -2.29. The van der Waals surface area contributed by atoms with Gasteiger partial charge in [0.25, 0.3) is 0 Å². The van der Waals surface area contributed by atoms with Crippen LogP contribution < -0.4 is 9.62 Å². The lowest BCUT2D eigenvalue weighted by atomic mass is 9.95. The molecule has 2 aromatic rings. The second-order valence-electron chi connectivity index (χ2n) is 10.1. The number of carbonyl (C=O) groups is 2. The zero-order valence-corrected chi connectivity index (χ0v) is 24.8. The van der Waals surface area contributed by atoms with Crippen molar-refractivity contribution in [3.05, 3.63) is 63.1 Å². The summed E-state index contributed by atoms with van der Waals surface area (Å²) >= 11 is 12.3. The first kappa shape index (κ1) is 30.3. The minimum Gasteiger partial charge on any atom is -0.352 e. The molecule has 2 aromatic carbocycles. The van der Waals surface area contributed by atoms with Gasteiger partial charge in [-0.3, -0.25) is 13.9 Å². The Balaban J connectivity index is 1.94. The minimum absolute atomic E-state index is 0.0790. The minimum atomic E-state index is -3.79. The monoisotopic (exact) mass is 581 g/mol. The predicted molar refractivity (Wildman–Crippen MR) is 154 cm³/mol. The van der Waals surface area contributed by atoms with E-state index in [1.165, 1.54) is 4.90 Å². The van der Waals surface area contributed by atoms with Gasteiger partial charge in [0.15, 0.2) is 0 Å². The van der Waals surface area contributed by atoms with E-state index in [9.17, 15) is 18.0 Å². The molecule has 0 unspecified atom stereocenters. The molecule has 3 rings (SSSR count). The number of carbonyl (C=O) groups excluding carboxylic acids is 2. The van der Waals surface area contributed by atoms with Gasteiger partial charge in [0.05, 0.1) is 22.0 Å². The van der Waals surface area contributed by atoms with Crippen molar-refractivity contribution < 1.29 is 18.0 Å². The molecule has 0 heterocycles. The first-order valence-corrected chi connectivity index (χ1v) is 15.6. The molecule has 10 heteroatoms. The summed E-state index contributed by atoms with van der Waals surface area (Å²) < 4.78 is 26.7. The molecule has 0 spiro atoms. The van der Waals surface area contributed by atoms with Gasteiger partial charge in [-0.05, 0) is 74.1 Å². The Labute approximate surface area is 236 Å². The van der Waals surface area contributed by atoms with Crippen LogP contribution in [0.5, 0.6) is 0 Å². The van der Waals surface area contributed by atoms with Gasteiger partial charge in [-0.2, -0.15) is 0 Å². The summed E-state index contributed by atoms with van der Waals surface area (Å²) in [7, 11) is -3.79. The maximum Gasteiger partial charge on any atom is 0.244 e. The van der Waals surface area contributed by atoms with Crippen molar-refractivity contribution >= 4 is 50.7 Å². The van der Waals surface area contributed by atoms with E-state index in [0.717, 1.165) is 53.8 Å². The number of rotatable bonds is 10. The Bertz CT molecular complexity index is 1260. The topological polar surface area (TPSA) is 86.8 Å². The highest BCUT2D eigenvalue weighted by atomic mass is 35.5. The number of hydrogen-bond acceptors (Lipinski definition) is 4. The number of nitrogens with one attached hydrogen (secondary N) is 1. The van der Waals surface area contributed by atoms with Gasteiger partial charge in [0, 0.05) is 12.6 Å². The lowest BCUT2D eigenvalue weighted by Gasteiger charge is -2.34. The van der Waals surface area contributed by atoms with Gasteiger partial charge in [-0.15, -0.1) is 0 Å². The molecule has 1 aliphatic carbocycles. The number of hydrogen-bond donors (Lipinski definition) is 1. The summed E-state index contributed by atoms with van der Waals surface area (Å²) in [5.74, 6) is -0.713. The van der Waals surface area contributed by atoms with Gasteiger partial charge in [-0.25, -0.2) is 8.42 Å². The first-order valence-electron chi connectivity index (χ1n) is 13.0. The average molecular weight is 583 g/mol. The number of anilines is 1. The third-order valence-electron chi connectivity index (χ3n) is 7.13. The Kier molecular flexibility index (Phi) is 10.5. The summed E-state index contributed by atoms with van der Waals surface area (Å²) in [4.78, 5) is 28.8. The van der Waals surface area contributed by atoms with Gasteiger partial charge in [0.2, 0.25) is 21.8 Å². The Morgan fingerprint density at radius 2 is 1.68 bits per heavy atom. The van der Waals surface area contributed by atoms with Crippen LogP contribution in [0.2, 0.25) is 10.0 Å². The van der Waals surface area contributed by atoms with Crippen LogP contribution in [0.3, 0.4) is 0 Å². The zero-order chi connectivity index (χ0) is 28.0. The SMILES string of the molecule is CC[C@H](C(=O)NC1CCCCC1)N(Cc1ccc(Cl)c(Cl)c1)C(=O)CN(c1ccc(C)c(C)c1)S(C)(=O)=O. The van der Waals surface area contributed by atoms with Crippen LogP contribution in [0.4, 0.5) is 5.69 Å². The maximum absolute atomic E-state index is 13.9. The molecule has 1 atom stereocenters. The van der Waals surface area contributed by atoms with Crippen molar-refractivity contribution in [2.75, 3.05) is 17.1 Å². The van der Waals surface area contributed by atoms with Crippen molar-refractivity contribution in [2.24, 2.45) is 0 Å². The molecular formula is C28H37Cl2N3O4S. The second kappa shape index (κ2) is 13.2. The smallest absolute Gasteiger partial charge is 0.244 e. The van der Waals surface area contributed by atoms with Crippen LogP contribution in [-0.4, -0.2) is 50.0 Å². The Morgan fingerprint density at radius 3 is 2.26 bits per heavy atom. The summed E-state index contributed by atoms with van der Waals surface area (Å²) in [5, 5.41) is 3.85. The average Bonchev–Trinajstić information content (AvgIpc) is 2.86. The molecule has 38 heavy (non-hydrogen) atoms. The van der Waals surface area contributed by atoms with Crippen molar-refractivity contribution in [3.8, 4) is 0 Å². The second-order valence-corrected chi connectivity index (χ2v) is 12.8. The summed E-state index contributed by atoms with van der Waals surface area (Å²) in [6.07, 6.45) is 6.56. The Morgan fingerprint density at radius 1 is 1.00 bits per heavy atom. The lowest BCUT2D eigenvalue weighted by Crippen LogP contribution is -2.53. The number of aryl methyl sites for hydroxylation is 2. The van der Waals surface area contributed by atoms with E-state index in [1.807, 2.05) is 26.8 Å². The number of nitrogens with zero attached hydrogens (tertiary/aromatic N) is 2. The fraction of sp³-hybridized carbons (Fsp3) is 0.500. The highest BCUT2D eigenvalue weighted by Crippen LogP contribution is 2.26. The summed E-state index contributed by atoms with van der Waals surface area (Å²) in [5.41, 5.74) is 3.02. The van der Waals surface area contributed by atoms with Crippen LogP contribution in [0.15, 0.2) is 36.4 Å².